The Balaban J connectivity index is 1.28. The maximum atomic E-state index is 13.5. The molecule has 1 unspecified atom stereocenters. The number of amides is 2. The second kappa shape index (κ2) is 7.49. The number of aromatic nitrogens is 1. The van der Waals surface area contributed by atoms with E-state index in [0.29, 0.717) is 18.8 Å². The first-order valence-corrected chi connectivity index (χ1v) is 10.3. The lowest BCUT2D eigenvalue weighted by molar-refractivity contribution is -0.123. The molecule has 2 amide bonds. The molecule has 0 saturated carbocycles. The van der Waals surface area contributed by atoms with Crippen molar-refractivity contribution < 1.29 is 18.4 Å². The molecule has 2 aliphatic rings. The molecule has 30 heavy (non-hydrogen) atoms. The second-order valence-corrected chi connectivity index (χ2v) is 8.12. The van der Waals surface area contributed by atoms with Crippen molar-refractivity contribution in [3.63, 3.8) is 0 Å². The van der Waals surface area contributed by atoms with Crippen molar-refractivity contribution in [2.45, 2.75) is 31.2 Å². The molecule has 2 saturated heterocycles. The highest BCUT2D eigenvalue weighted by Gasteiger charge is 2.44. The fraction of sp³-hybridized carbons (Fsp3) is 0.318. The molecule has 8 heteroatoms. The van der Waals surface area contributed by atoms with E-state index in [1.165, 1.54) is 12.1 Å². The number of para-hydroxylation sites is 2. The van der Waals surface area contributed by atoms with Gasteiger partial charge in [0.05, 0.1) is 23.2 Å². The average molecular weight is 428 g/mol. The lowest BCUT2D eigenvalue weighted by Gasteiger charge is -2.33. The number of carbonyl (C=O) groups excluding carboxylic acids is 2. The topological polar surface area (TPSA) is 66.7 Å². The molecule has 0 radical (unpaired) electrons. The summed E-state index contributed by atoms with van der Waals surface area (Å²) in [5.41, 5.74) is 1.93. The third-order valence-electron chi connectivity index (χ3n) is 5.91. The highest BCUT2D eigenvalue weighted by atomic mass is 35.5. The summed E-state index contributed by atoms with van der Waals surface area (Å²) in [5, 5.41) is -0.115. The van der Waals surface area contributed by atoms with Crippen molar-refractivity contribution in [3.05, 3.63) is 59.2 Å². The number of benzene rings is 2. The number of fused-ring (bicyclic) bond motifs is 1. The summed E-state index contributed by atoms with van der Waals surface area (Å²) in [4.78, 5) is 33.3. The van der Waals surface area contributed by atoms with Crippen molar-refractivity contribution in [1.82, 2.24) is 9.88 Å². The largest absolute Gasteiger partial charge is 0.440 e. The first kappa shape index (κ1) is 19.2. The summed E-state index contributed by atoms with van der Waals surface area (Å²) < 4.78 is 19.4. The molecule has 6 nitrogen and oxygen atoms in total. The van der Waals surface area contributed by atoms with Gasteiger partial charge in [-0.15, -0.1) is 0 Å². The second-order valence-electron chi connectivity index (χ2n) is 7.72. The molecule has 3 aromatic rings. The van der Waals surface area contributed by atoms with Crippen molar-refractivity contribution in [1.29, 1.82) is 0 Å². The summed E-state index contributed by atoms with van der Waals surface area (Å²) in [6, 6.07) is 11.1. The molecule has 3 heterocycles. The van der Waals surface area contributed by atoms with Gasteiger partial charge in [0.15, 0.2) is 11.5 Å². The molecule has 0 bridgehead atoms. The Morgan fingerprint density at radius 3 is 2.60 bits per heavy atom. The van der Waals surface area contributed by atoms with Crippen LogP contribution in [0.5, 0.6) is 0 Å². The van der Waals surface area contributed by atoms with E-state index < -0.39 is 11.9 Å². The van der Waals surface area contributed by atoms with Crippen LogP contribution < -0.4 is 4.90 Å². The Kier molecular flexibility index (Phi) is 4.79. The highest BCUT2D eigenvalue weighted by molar-refractivity contribution is 6.31. The van der Waals surface area contributed by atoms with Gasteiger partial charge in [-0.25, -0.2) is 14.3 Å². The van der Waals surface area contributed by atoms with E-state index in [9.17, 15) is 14.0 Å². The number of rotatable bonds is 3. The van der Waals surface area contributed by atoms with Gasteiger partial charge in [-0.05, 0) is 56.3 Å². The lowest BCUT2D eigenvalue weighted by Crippen LogP contribution is -2.45. The van der Waals surface area contributed by atoms with Crippen LogP contribution in [0.1, 0.15) is 31.1 Å². The number of hydrogen-bond acceptors (Lipinski definition) is 5. The summed E-state index contributed by atoms with van der Waals surface area (Å²) in [6.07, 6.45) is 1.71. The molecule has 1 aromatic heterocycles. The molecule has 0 aliphatic carbocycles. The van der Waals surface area contributed by atoms with Crippen LogP contribution in [0.15, 0.2) is 46.9 Å². The van der Waals surface area contributed by atoms with E-state index >= 15 is 0 Å². The van der Waals surface area contributed by atoms with Gasteiger partial charge in [0, 0.05) is 5.92 Å². The third kappa shape index (κ3) is 3.28. The standard InChI is InChI=1S/C22H19ClFN3O3/c23-15-11-14(5-6-16(15)24)27-20(28)12-18(22(27)29)26-9-7-13(8-10-26)21-25-17-3-1-2-4-19(17)30-21/h1-6,11,13,18H,7-10,12H2. The number of halogens is 2. The summed E-state index contributed by atoms with van der Waals surface area (Å²) in [5.74, 6) is -0.255. The molecular weight excluding hydrogens is 409 g/mol. The number of imide groups is 1. The lowest BCUT2D eigenvalue weighted by atomic mass is 9.95. The molecule has 0 spiro atoms. The molecule has 1 atom stereocenters. The average Bonchev–Trinajstić information content (AvgIpc) is 3.31. The van der Waals surface area contributed by atoms with E-state index in [1.54, 1.807) is 0 Å². The fourth-order valence-corrected chi connectivity index (χ4v) is 4.49. The van der Waals surface area contributed by atoms with Crippen LogP contribution in [0.25, 0.3) is 11.1 Å². The van der Waals surface area contributed by atoms with Crippen molar-refractivity contribution in [2.75, 3.05) is 18.0 Å². The van der Waals surface area contributed by atoms with Gasteiger partial charge in [0.2, 0.25) is 5.91 Å². The third-order valence-corrected chi connectivity index (χ3v) is 6.20. The van der Waals surface area contributed by atoms with Crippen LogP contribution in [0, 0.1) is 5.82 Å². The Morgan fingerprint density at radius 1 is 1.10 bits per heavy atom. The van der Waals surface area contributed by atoms with Crippen LogP contribution in [0.3, 0.4) is 0 Å². The van der Waals surface area contributed by atoms with E-state index in [0.717, 1.165) is 40.8 Å². The summed E-state index contributed by atoms with van der Waals surface area (Å²) in [7, 11) is 0. The van der Waals surface area contributed by atoms with Crippen LogP contribution in [-0.4, -0.2) is 40.8 Å². The van der Waals surface area contributed by atoms with E-state index in [-0.39, 0.29) is 29.2 Å². The number of oxazole rings is 1. The summed E-state index contributed by atoms with van der Waals surface area (Å²) >= 11 is 5.83. The normalized spacial score (nSPS) is 21.1. The van der Waals surface area contributed by atoms with Gasteiger partial charge in [0.1, 0.15) is 11.3 Å². The Morgan fingerprint density at radius 2 is 1.87 bits per heavy atom. The highest BCUT2D eigenvalue weighted by Crippen LogP contribution is 2.34. The smallest absolute Gasteiger partial charge is 0.251 e. The zero-order valence-corrected chi connectivity index (χ0v) is 16.8. The van der Waals surface area contributed by atoms with Crippen LogP contribution >= 0.6 is 11.6 Å². The van der Waals surface area contributed by atoms with Gasteiger partial charge < -0.3 is 4.42 Å². The van der Waals surface area contributed by atoms with Gasteiger partial charge >= 0.3 is 0 Å². The Labute approximate surface area is 177 Å². The number of hydrogen-bond donors (Lipinski definition) is 0. The van der Waals surface area contributed by atoms with Gasteiger partial charge in [0.25, 0.3) is 5.91 Å². The fourth-order valence-electron chi connectivity index (χ4n) is 4.32. The molecule has 2 aromatic carbocycles. The number of likely N-dealkylation sites (tertiary alicyclic amines) is 1. The van der Waals surface area contributed by atoms with Crippen molar-refractivity contribution in [2.24, 2.45) is 0 Å². The monoisotopic (exact) mass is 427 g/mol. The minimum Gasteiger partial charge on any atom is -0.440 e. The Hall–Kier alpha value is -2.77. The van der Waals surface area contributed by atoms with Gasteiger partial charge in [-0.1, -0.05) is 23.7 Å². The molecule has 2 fully saturated rings. The predicted octanol–water partition coefficient (Wildman–Crippen LogP) is 4.13. The number of piperidine rings is 1. The van der Waals surface area contributed by atoms with Gasteiger partial charge in [-0.2, -0.15) is 0 Å². The minimum absolute atomic E-state index is 0.112. The van der Waals surface area contributed by atoms with E-state index in [1.807, 2.05) is 29.2 Å². The van der Waals surface area contributed by atoms with E-state index in [4.69, 9.17) is 16.0 Å². The number of carbonyl (C=O) groups is 2. The molecule has 5 rings (SSSR count). The Bertz CT molecular complexity index is 1110. The minimum atomic E-state index is -0.586. The maximum Gasteiger partial charge on any atom is 0.251 e. The van der Waals surface area contributed by atoms with Crippen LogP contribution in [0.4, 0.5) is 10.1 Å². The first-order valence-electron chi connectivity index (χ1n) is 9.92. The first-order chi connectivity index (χ1) is 14.5. The maximum absolute atomic E-state index is 13.5. The molecular formula is C22H19ClFN3O3. The van der Waals surface area contributed by atoms with Crippen LogP contribution in [0.2, 0.25) is 5.02 Å². The quantitative estimate of drug-likeness (QED) is 0.588. The molecule has 2 aliphatic heterocycles. The predicted molar refractivity (Wildman–Crippen MR) is 110 cm³/mol. The zero-order valence-electron chi connectivity index (χ0n) is 16.1. The van der Waals surface area contributed by atoms with Crippen molar-refractivity contribution in [3.8, 4) is 0 Å². The van der Waals surface area contributed by atoms with Crippen LogP contribution in [-0.2, 0) is 9.59 Å². The van der Waals surface area contributed by atoms with E-state index in [2.05, 4.69) is 4.98 Å². The number of anilines is 1. The number of nitrogens with zero attached hydrogens (tertiary/aromatic N) is 3. The molecule has 0 N–H and O–H groups in total. The van der Waals surface area contributed by atoms with Crippen molar-refractivity contribution >= 4 is 40.2 Å². The summed E-state index contributed by atoms with van der Waals surface area (Å²) in [6.45, 7) is 1.34. The van der Waals surface area contributed by atoms with Gasteiger partial charge in [-0.3, -0.25) is 14.5 Å². The molecule has 154 valence electrons. The zero-order chi connectivity index (χ0) is 20.8. The SMILES string of the molecule is O=C1CC(N2CCC(c3nc4ccccc4o3)CC2)C(=O)N1c1ccc(F)c(Cl)c1.